The molecule has 0 aromatic carbocycles. The van der Waals surface area contributed by atoms with Crippen molar-refractivity contribution in [1.82, 2.24) is 4.98 Å². The van der Waals surface area contributed by atoms with Crippen molar-refractivity contribution < 1.29 is 15.0 Å². The van der Waals surface area contributed by atoms with Crippen molar-refractivity contribution in [3.05, 3.63) is 22.8 Å². The molecule has 0 unspecified atom stereocenters. The third-order valence-corrected chi connectivity index (χ3v) is 2.44. The van der Waals surface area contributed by atoms with Crippen molar-refractivity contribution in [3.8, 4) is 0 Å². The Kier molecular flexibility index (Phi) is 4.19. The molecule has 0 saturated carbocycles. The number of carbonyl (C=O) groups is 1. The van der Waals surface area contributed by atoms with E-state index in [4.69, 9.17) is 21.8 Å². The number of hydrogen-bond acceptors (Lipinski definition) is 4. The molecule has 0 atom stereocenters. The van der Waals surface area contributed by atoms with Crippen LogP contribution in [0.5, 0.6) is 0 Å². The number of rotatable bonds is 4. The van der Waals surface area contributed by atoms with Crippen LogP contribution in [0, 0.1) is 0 Å². The molecule has 76 valence electrons. The average molecular weight is 234 g/mol. The Morgan fingerprint density at radius 2 is 2.29 bits per heavy atom. The molecular weight excluding hydrogens is 226 g/mol. The van der Waals surface area contributed by atoms with E-state index in [-0.39, 0.29) is 17.3 Å². The van der Waals surface area contributed by atoms with Crippen molar-refractivity contribution in [2.24, 2.45) is 0 Å². The van der Waals surface area contributed by atoms with Crippen LogP contribution >= 0.6 is 23.4 Å². The number of pyridine rings is 1. The Morgan fingerprint density at radius 1 is 1.57 bits per heavy atom. The highest BCUT2D eigenvalue weighted by atomic mass is 35.5. The van der Waals surface area contributed by atoms with Gasteiger partial charge >= 0.3 is 5.97 Å². The topological polar surface area (TPSA) is 70.4 Å². The third-order valence-electron chi connectivity index (χ3n) is 1.36. The lowest BCUT2D eigenvalue weighted by molar-refractivity contribution is 0.0696. The molecule has 1 heterocycles. The SMILES string of the molecule is O=C(O)c1cc(Cl)nc(SCCO)c1. The Hall–Kier alpha value is -0.780. The number of halogens is 1. The molecule has 0 radical (unpaired) electrons. The van der Waals surface area contributed by atoms with Crippen LogP contribution in [0.25, 0.3) is 0 Å². The van der Waals surface area contributed by atoms with Crippen molar-refractivity contribution >= 4 is 29.3 Å². The smallest absolute Gasteiger partial charge is 0.335 e. The number of thioether (sulfide) groups is 1. The number of aliphatic hydroxyl groups is 1. The van der Waals surface area contributed by atoms with Gasteiger partial charge in [-0.25, -0.2) is 9.78 Å². The van der Waals surface area contributed by atoms with Gasteiger partial charge in [-0.3, -0.25) is 0 Å². The van der Waals surface area contributed by atoms with Crippen LogP contribution in [0.1, 0.15) is 10.4 Å². The van der Waals surface area contributed by atoms with E-state index in [0.717, 1.165) is 0 Å². The highest BCUT2D eigenvalue weighted by Gasteiger charge is 2.07. The van der Waals surface area contributed by atoms with E-state index in [0.29, 0.717) is 10.8 Å². The van der Waals surface area contributed by atoms with Gasteiger partial charge in [-0.1, -0.05) is 11.6 Å². The molecular formula is C8H8ClNO3S. The van der Waals surface area contributed by atoms with E-state index in [1.807, 2.05) is 0 Å². The molecule has 1 aromatic rings. The van der Waals surface area contributed by atoms with Gasteiger partial charge < -0.3 is 10.2 Å². The Labute approximate surface area is 89.9 Å². The second-order valence-corrected chi connectivity index (χ2v) is 3.90. The number of aromatic nitrogens is 1. The summed E-state index contributed by atoms with van der Waals surface area (Å²) < 4.78 is 0. The number of hydrogen-bond donors (Lipinski definition) is 2. The van der Waals surface area contributed by atoms with Crippen molar-refractivity contribution in [1.29, 1.82) is 0 Å². The van der Waals surface area contributed by atoms with Crippen molar-refractivity contribution in [3.63, 3.8) is 0 Å². The molecule has 1 aromatic heterocycles. The van der Waals surface area contributed by atoms with Crippen LogP contribution in [0.3, 0.4) is 0 Å². The Bertz CT molecular complexity index is 345. The van der Waals surface area contributed by atoms with Gasteiger partial charge in [-0.2, -0.15) is 0 Å². The molecule has 0 saturated heterocycles. The van der Waals surface area contributed by atoms with Gasteiger partial charge in [0.05, 0.1) is 17.2 Å². The fourth-order valence-corrected chi connectivity index (χ4v) is 1.75. The van der Waals surface area contributed by atoms with Gasteiger partial charge in [-0.15, -0.1) is 11.8 Å². The molecule has 6 heteroatoms. The summed E-state index contributed by atoms with van der Waals surface area (Å²) in [5.74, 6) is -0.577. The second-order valence-electron chi connectivity index (χ2n) is 2.39. The van der Waals surface area contributed by atoms with Crippen LogP contribution in [0.4, 0.5) is 0 Å². The van der Waals surface area contributed by atoms with Gasteiger partial charge in [0.1, 0.15) is 5.15 Å². The third kappa shape index (κ3) is 3.17. The summed E-state index contributed by atoms with van der Waals surface area (Å²) in [6, 6.07) is 2.71. The predicted molar refractivity (Wildman–Crippen MR) is 54.0 cm³/mol. The van der Waals surface area contributed by atoms with Crippen LogP contribution in [0.2, 0.25) is 5.15 Å². The fourth-order valence-electron chi connectivity index (χ4n) is 0.820. The summed E-state index contributed by atoms with van der Waals surface area (Å²) in [5, 5.41) is 17.9. The van der Waals surface area contributed by atoms with Gasteiger partial charge in [0.15, 0.2) is 0 Å². The Morgan fingerprint density at radius 3 is 2.86 bits per heavy atom. The minimum Gasteiger partial charge on any atom is -0.478 e. The number of aromatic carboxylic acids is 1. The zero-order valence-electron chi connectivity index (χ0n) is 7.11. The summed E-state index contributed by atoms with van der Waals surface area (Å²) >= 11 is 6.88. The first kappa shape index (κ1) is 11.3. The molecule has 14 heavy (non-hydrogen) atoms. The summed E-state index contributed by atoms with van der Waals surface area (Å²) in [4.78, 5) is 14.5. The fraction of sp³-hybridized carbons (Fsp3) is 0.250. The van der Waals surface area contributed by atoms with E-state index < -0.39 is 5.97 Å². The first-order chi connectivity index (χ1) is 6.63. The lowest BCUT2D eigenvalue weighted by atomic mass is 10.3. The molecule has 0 aliphatic heterocycles. The molecule has 0 aliphatic carbocycles. The van der Waals surface area contributed by atoms with Crippen molar-refractivity contribution in [2.75, 3.05) is 12.4 Å². The maximum absolute atomic E-state index is 10.6. The largest absolute Gasteiger partial charge is 0.478 e. The summed E-state index contributed by atoms with van der Waals surface area (Å²) in [6.45, 7) is 0.0151. The van der Waals surface area contributed by atoms with E-state index in [1.165, 1.54) is 23.9 Å². The maximum Gasteiger partial charge on any atom is 0.335 e. The van der Waals surface area contributed by atoms with Gasteiger partial charge in [0.2, 0.25) is 0 Å². The summed E-state index contributed by atoms with van der Waals surface area (Å²) in [6.07, 6.45) is 0. The first-order valence-electron chi connectivity index (χ1n) is 3.78. The molecule has 0 spiro atoms. The molecule has 2 N–H and O–H groups in total. The lowest BCUT2D eigenvalue weighted by Gasteiger charge is -2.01. The normalized spacial score (nSPS) is 10.1. The zero-order chi connectivity index (χ0) is 10.6. The molecule has 0 bridgehead atoms. The molecule has 0 aliphatic rings. The molecule has 4 nitrogen and oxygen atoms in total. The maximum atomic E-state index is 10.6. The quantitative estimate of drug-likeness (QED) is 0.610. The van der Waals surface area contributed by atoms with E-state index in [9.17, 15) is 4.79 Å². The van der Waals surface area contributed by atoms with Gasteiger partial charge in [0.25, 0.3) is 0 Å². The zero-order valence-corrected chi connectivity index (χ0v) is 8.68. The molecule has 0 fully saturated rings. The van der Waals surface area contributed by atoms with Crippen molar-refractivity contribution in [2.45, 2.75) is 5.03 Å². The number of carboxylic acids is 1. The number of aliphatic hydroxyl groups excluding tert-OH is 1. The molecule has 1 rings (SSSR count). The minimum absolute atomic E-state index is 0.0151. The monoisotopic (exact) mass is 233 g/mol. The Balaban J connectivity index is 2.89. The summed E-state index contributed by atoms with van der Waals surface area (Å²) in [5.41, 5.74) is 0.102. The number of carboxylic acid groups (broad SMARTS) is 1. The van der Waals surface area contributed by atoms with Gasteiger partial charge in [0, 0.05) is 5.75 Å². The van der Waals surface area contributed by atoms with Crippen LogP contribution in [0.15, 0.2) is 17.2 Å². The van der Waals surface area contributed by atoms with Crippen LogP contribution in [-0.2, 0) is 0 Å². The molecule has 0 amide bonds. The lowest BCUT2D eigenvalue weighted by Crippen LogP contribution is -1.98. The second kappa shape index (κ2) is 5.19. The first-order valence-corrected chi connectivity index (χ1v) is 5.14. The van der Waals surface area contributed by atoms with Crippen LogP contribution in [-0.4, -0.2) is 33.5 Å². The standard InChI is InChI=1S/C8H8ClNO3S/c9-6-3-5(8(12)13)4-7(10-6)14-2-1-11/h3-4,11H,1-2H2,(H,12,13). The minimum atomic E-state index is -1.04. The predicted octanol–water partition coefficient (Wildman–Crippen LogP) is 1.52. The van der Waals surface area contributed by atoms with E-state index in [2.05, 4.69) is 4.98 Å². The average Bonchev–Trinajstić information content (AvgIpc) is 2.14. The van der Waals surface area contributed by atoms with Crippen LogP contribution < -0.4 is 0 Å². The highest BCUT2D eigenvalue weighted by molar-refractivity contribution is 7.99. The number of nitrogens with zero attached hydrogens (tertiary/aromatic N) is 1. The summed E-state index contributed by atoms with van der Waals surface area (Å²) in [7, 11) is 0. The highest BCUT2D eigenvalue weighted by Crippen LogP contribution is 2.19. The van der Waals surface area contributed by atoms with E-state index in [1.54, 1.807) is 0 Å². The van der Waals surface area contributed by atoms with Gasteiger partial charge in [-0.05, 0) is 12.1 Å². The van der Waals surface area contributed by atoms with E-state index >= 15 is 0 Å².